The van der Waals surface area contributed by atoms with Crippen molar-refractivity contribution in [1.29, 1.82) is 0 Å². The first kappa shape index (κ1) is 29.0. The Balaban J connectivity index is 1.58. The Morgan fingerprint density at radius 3 is 2.30 bits per heavy atom. The number of amides is 1. The number of methoxy groups -OCH3 is 1. The van der Waals surface area contributed by atoms with Gasteiger partial charge < -0.3 is 20.9 Å². The fourth-order valence-corrected chi connectivity index (χ4v) is 4.35. The fraction of sp³-hybridized carbons (Fsp3) is 0.148. The number of nitrogens with zero attached hydrogens (tertiary/aromatic N) is 6. The van der Waals surface area contributed by atoms with Gasteiger partial charge >= 0.3 is 12.5 Å². The number of carbonyl (C=O) groups excluding carboxylic acids is 1. The second-order valence-electron chi connectivity index (χ2n) is 9.00. The number of aromatic nitrogens is 5. The lowest BCUT2D eigenvalue weighted by molar-refractivity contribution is -0.274. The van der Waals surface area contributed by atoms with E-state index in [-0.39, 0.29) is 52.0 Å². The van der Waals surface area contributed by atoms with E-state index < -0.39 is 36.4 Å². The molecule has 0 spiro atoms. The van der Waals surface area contributed by atoms with Gasteiger partial charge in [-0.2, -0.15) is 19.7 Å². The van der Waals surface area contributed by atoms with Gasteiger partial charge in [-0.1, -0.05) is 36.4 Å². The van der Waals surface area contributed by atoms with Crippen molar-refractivity contribution in [1.82, 2.24) is 24.7 Å². The van der Waals surface area contributed by atoms with Gasteiger partial charge in [-0.05, 0) is 17.7 Å². The van der Waals surface area contributed by atoms with E-state index in [0.29, 0.717) is 5.56 Å². The number of para-hydroxylation sites is 1. The summed E-state index contributed by atoms with van der Waals surface area (Å²) in [7, 11) is 1.05. The first-order valence-corrected chi connectivity index (χ1v) is 12.3. The Morgan fingerprint density at radius 1 is 1.00 bits per heavy atom. The number of benzene rings is 2. The number of nitrogens with two attached hydrogens (primary N) is 2. The number of hydrogen-bond donors (Lipinski definition) is 2. The van der Waals surface area contributed by atoms with Crippen LogP contribution in [0, 0.1) is 11.6 Å². The molecule has 0 saturated heterocycles. The molecule has 0 fully saturated rings. The Bertz CT molecular complexity index is 1810. The molecular formula is C27H21F5N8O3. The molecule has 0 aliphatic heterocycles. The molecule has 0 radical (unpaired) electrons. The SMILES string of the molecule is COC(=O)N(Cc1ccccc1OC(F)(F)F)c1c(N)nc(-n2nc(Cc3ccccc3F)c3ncc(F)cc32)nc1N. The third kappa shape index (κ3) is 6.07. The lowest BCUT2D eigenvalue weighted by atomic mass is 10.1. The number of ether oxygens (including phenoxy) is 2. The zero-order chi connectivity index (χ0) is 30.9. The molecule has 0 bridgehead atoms. The van der Waals surface area contributed by atoms with Crippen molar-refractivity contribution in [3.05, 3.63) is 89.2 Å². The zero-order valence-corrected chi connectivity index (χ0v) is 22.1. The van der Waals surface area contributed by atoms with Crippen LogP contribution in [0.2, 0.25) is 0 Å². The molecule has 43 heavy (non-hydrogen) atoms. The van der Waals surface area contributed by atoms with Crippen LogP contribution < -0.4 is 21.1 Å². The van der Waals surface area contributed by atoms with Crippen molar-refractivity contribution < 1.29 is 36.2 Å². The maximum atomic E-state index is 14.4. The van der Waals surface area contributed by atoms with E-state index >= 15 is 0 Å². The van der Waals surface area contributed by atoms with Gasteiger partial charge in [0.05, 0.1) is 31.1 Å². The molecule has 4 N–H and O–H groups in total. The van der Waals surface area contributed by atoms with E-state index in [2.05, 4.69) is 24.8 Å². The molecule has 1 amide bonds. The highest BCUT2D eigenvalue weighted by atomic mass is 19.4. The Kier molecular flexibility index (Phi) is 7.67. The minimum Gasteiger partial charge on any atom is -0.452 e. The summed E-state index contributed by atoms with van der Waals surface area (Å²) in [4.78, 5) is 26.1. The lowest BCUT2D eigenvalue weighted by Crippen LogP contribution is -2.33. The first-order valence-electron chi connectivity index (χ1n) is 12.3. The van der Waals surface area contributed by atoms with Gasteiger partial charge in [0, 0.05) is 18.1 Å². The van der Waals surface area contributed by atoms with Crippen molar-refractivity contribution in [2.45, 2.75) is 19.3 Å². The van der Waals surface area contributed by atoms with E-state index in [1.165, 1.54) is 30.3 Å². The van der Waals surface area contributed by atoms with Crippen molar-refractivity contribution >= 4 is 34.4 Å². The Hall–Kier alpha value is -5.54. The van der Waals surface area contributed by atoms with E-state index in [0.717, 1.165) is 35.0 Å². The minimum absolute atomic E-state index is 0.00657. The van der Waals surface area contributed by atoms with Gasteiger partial charge in [-0.25, -0.2) is 18.6 Å². The lowest BCUT2D eigenvalue weighted by Gasteiger charge is -2.24. The molecule has 0 saturated carbocycles. The fourth-order valence-electron chi connectivity index (χ4n) is 4.35. The van der Waals surface area contributed by atoms with E-state index in [1.807, 2.05) is 0 Å². The number of nitrogen functional groups attached to an aromatic ring is 2. The maximum Gasteiger partial charge on any atom is 0.573 e. The molecule has 0 unspecified atom stereocenters. The smallest absolute Gasteiger partial charge is 0.452 e. The van der Waals surface area contributed by atoms with Gasteiger partial charge in [0.1, 0.15) is 28.6 Å². The van der Waals surface area contributed by atoms with Gasteiger partial charge in [0.15, 0.2) is 11.6 Å². The number of alkyl halides is 3. The molecule has 0 aliphatic carbocycles. The molecule has 3 aromatic heterocycles. The van der Waals surface area contributed by atoms with Crippen LogP contribution in [0.15, 0.2) is 60.8 Å². The molecule has 0 atom stereocenters. The quantitative estimate of drug-likeness (QED) is 0.249. The van der Waals surface area contributed by atoms with Gasteiger partial charge in [0.25, 0.3) is 5.95 Å². The second-order valence-corrected chi connectivity index (χ2v) is 9.00. The van der Waals surface area contributed by atoms with Crippen molar-refractivity contribution in [2.75, 3.05) is 23.5 Å². The van der Waals surface area contributed by atoms with Crippen LogP contribution in [0.3, 0.4) is 0 Å². The molecule has 222 valence electrons. The number of rotatable bonds is 7. The summed E-state index contributed by atoms with van der Waals surface area (Å²) in [6, 6.07) is 12.3. The van der Waals surface area contributed by atoms with Crippen molar-refractivity contribution in [2.24, 2.45) is 0 Å². The van der Waals surface area contributed by atoms with Crippen LogP contribution in [0.5, 0.6) is 5.75 Å². The highest BCUT2D eigenvalue weighted by molar-refractivity contribution is 5.95. The monoisotopic (exact) mass is 600 g/mol. The summed E-state index contributed by atoms with van der Waals surface area (Å²) in [5, 5.41) is 4.41. The summed E-state index contributed by atoms with van der Waals surface area (Å²) in [5.41, 5.74) is 13.0. The first-order chi connectivity index (χ1) is 20.4. The van der Waals surface area contributed by atoms with Crippen molar-refractivity contribution in [3.63, 3.8) is 0 Å². The number of fused-ring (bicyclic) bond motifs is 1. The van der Waals surface area contributed by atoms with Crippen LogP contribution in [0.4, 0.5) is 44.1 Å². The summed E-state index contributed by atoms with van der Waals surface area (Å²) >= 11 is 0. The van der Waals surface area contributed by atoms with E-state index in [9.17, 15) is 26.7 Å². The second kappa shape index (κ2) is 11.4. The van der Waals surface area contributed by atoms with Crippen LogP contribution in [0.1, 0.15) is 16.8 Å². The topological polar surface area (TPSA) is 147 Å². The van der Waals surface area contributed by atoms with Crippen LogP contribution >= 0.6 is 0 Å². The molecule has 11 nitrogen and oxygen atoms in total. The number of halogens is 5. The molecule has 0 aliphatic rings. The standard InChI is InChI=1S/C27H21F5N8O3/c1-42-26(41)39(13-15-7-3-5-9-20(15)43-27(30,31)32)22-23(33)36-25(37-24(22)34)40-19-11-16(28)12-35-21(19)18(38-40)10-14-6-2-4-8-17(14)29/h2-9,11-12H,10,13H2,1H3,(H4,33,34,36,37). The molecular weight excluding hydrogens is 579 g/mol. The van der Waals surface area contributed by atoms with Crippen LogP contribution in [-0.2, 0) is 17.7 Å². The zero-order valence-electron chi connectivity index (χ0n) is 22.1. The van der Waals surface area contributed by atoms with Crippen LogP contribution in [-0.4, -0.2) is 44.3 Å². The summed E-state index contributed by atoms with van der Waals surface area (Å²) in [5.74, 6) is -2.77. The number of pyridine rings is 1. The number of anilines is 3. The van der Waals surface area contributed by atoms with E-state index in [4.69, 9.17) is 16.2 Å². The highest BCUT2D eigenvalue weighted by Crippen LogP contribution is 2.34. The maximum absolute atomic E-state index is 14.4. The summed E-state index contributed by atoms with van der Waals surface area (Å²) in [6.07, 6.45) is -5.07. The predicted molar refractivity (Wildman–Crippen MR) is 144 cm³/mol. The van der Waals surface area contributed by atoms with Gasteiger partial charge in [0.2, 0.25) is 0 Å². The molecule has 5 aromatic rings. The third-order valence-corrected chi connectivity index (χ3v) is 6.18. The number of carbonyl (C=O) groups is 1. The normalized spacial score (nSPS) is 11.5. The van der Waals surface area contributed by atoms with E-state index in [1.54, 1.807) is 12.1 Å². The average Bonchev–Trinajstić information content (AvgIpc) is 3.30. The Morgan fingerprint density at radius 2 is 1.65 bits per heavy atom. The minimum atomic E-state index is -5.00. The van der Waals surface area contributed by atoms with Crippen LogP contribution in [0.25, 0.3) is 17.0 Å². The molecule has 2 aromatic carbocycles. The average molecular weight is 601 g/mol. The van der Waals surface area contributed by atoms with Gasteiger partial charge in [-0.15, -0.1) is 13.2 Å². The molecule has 3 heterocycles. The van der Waals surface area contributed by atoms with Crippen molar-refractivity contribution in [3.8, 4) is 11.7 Å². The molecule has 16 heteroatoms. The summed E-state index contributed by atoms with van der Waals surface area (Å²) < 4.78 is 77.5. The highest BCUT2D eigenvalue weighted by Gasteiger charge is 2.33. The van der Waals surface area contributed by atoms with Gasteiger partial charge in [-0.3, -0.25) is 4.90 Å². The number of hydrogen-bond acceptors (Lipinski definition) is 9. The summed E-state index contributed by atoms with van der Waals surface area (Å²) in [6.45, 7) is -0.525. The predicted octanol–water partition coefficient (Wildman–Crippen LogP) is 4.92. The third-order valence-electron chi connectivity index (χ3n) is 6.18. The Labute approximate surface area is 239 Å². The molecule has 5 rings (SSSR count). The largest absolute Gasteiger partial charge is 0.573 e.